The number of nitrogens with zero attached hydrogens (tertiary/aromatic N) is 1. The Hall–Kier alpha value is -2.21. The van der Waals surface area contributed by atoms with E-state index in [9.17, 15) is 9.59 Å². The normalized spacial score (nSPS) is 10.2. The summed E-state index contributed by atoms with van der Waals surface area (Å²) in [6.07, 6.45) is 2.64. The SMILES string of the molecule is O=C(CCc1cccs1)NCc1ccc(C(=O)O)nc1. The van der Waals surface area contributed by atoms with E-state index in [0.717, 1.165) is 12.0 Å². The molecule has 0 atom stereocenters. The van der Waals surface area contributed by atoms with Crippen molar-refractivity contribution in [2.45, 2.75) is 19.4 Å². The smallest absolute Gasteiger partial charge is 0.354 e. The molecule has 0 spiro atoms. The Bertz CT molecular complexity index is 579. The summed E-state index contributed by atoms with van der Waals surface area (Å²) in [6, 6.07) is 7.05. The summed E-state index contributed by atoms with van der Waals surface area (Å²) in [7, 11) is 0. The molecule has 6 heteroatoms. The molecule has 0 radical (unpaired) electrons. The van der Waals surface area contributed by atoms with Crippen LogP contribution >= 0.6 is 11.3 Å². The molecule has 1 amide bonds. The molecule has 0 fully saturated rings. The number of amides is 1. The van der Waals surface area contributed by atoms with Crippen LogP contribution in [0.2, 0.25) is 0 Å². The van der Waals surface area contributed by atoms with Crippen molar-refractivity contribution in [3.8, 4) is 0 Å². The third kappa shape index (κ3) is 4.17. The van der Waals surface area contributed by atoms with Crippen molar-refractivity contribution >= 4 is 23.2 Å². The van der Waals surface area contributed by atoms with E-state index < -0.39 is 5.97 Å². The van der Waals surface area contributed by atoms with E-state index in [0.29, 0.717) is 13.0 Å². The second-order valence-corrected chi connectivity index (χ2v) is 5.25. The van der Waals surface area contributed by atoms with Gasteiger partial charge in [-0.3, -0.25) is 4.79 Å². The highest BCUT2D eigenvalue weighted by molar-refractivity contribution is 7.09. The molecular formula is C14H14N2O3S. The highest BCUT2D eigenvalue weighted by Crippen LogP contribution is 2.10. The van der Waals surface area contributed by atoms with Crippen molar-refractivity contribution in [2.24, 2.45) is 0 Å². The Morgan fingerprint density at radius 3 is 2.75 bits per heavy atom. The largest absolute Gasteiger partial charge is 0.477 e. The fourth-order valence-corrected chi connectivity index (χ4v) is 2.35. The first-order valence-corrected chi connectivity index (χ1v) is 7.00. The van der Waals surface area contributed by atoms with Gasteiger partial charge in [-0.15, -0.1) is 11.3 Å². The molecule has 0 unspecified atom stereocenters. The number of aromatic carboxylic acids is 1. The molecule has 2 aromatic rings. The number of hydrogen-bond donors (Lipinski definition) is 2. The summed E-state index contributed by atoms with van der Waals surface area (Å²) in [5.74, 6) is -1.09. The molecule has 2 rings (SSSR count). The lowest BCUT2D eigenvalue weighted by molar-refractivity contribution is -0.121. The first-order valence-electron chi connectivity index (χ1n) is 6.12. The van der Waals surface area contributed by atoms with Gasteiger partial charge in [0.2, 0.25) is 5.91 Å². The van der Waals surface area contributed by atoms with Gasteiger partial charge >= 0.3 is 5.97 Å². The van der Waals surface area contributed by atoms with Crippen LogP contribution in [0.5, 0.6) is 0 Å². The van der Waals surface area contributed by atoms with E-state index in [2.05, 4.69) is 10.3 Å². The van der Waals surface area contributed by atoms with Crippen molar-refractivity contribution in [2.75, 3.05) is 0 Å². The van der Waals surface area contributed by atoms with Gasteiger partial charge in [0.25, 0.3) is 0 Å². The van der Waals surface area contributed by atoms with Crippen molar-refractivity contribution in [1.82, 2.24) is 10.3 Å². The van der Waals surface area contributed by atoms with Gasteiger partial charge in [-0.1, -0.05) is 12.1 Å². The van der Waals surface area contributed by atoms with Gasteiger partial charge in [0.15, 0.2) is 0 Å². The van der Waals surface area contributed by atoms with E-state index in [1.807, 2.05) is 17.5 Å². The third-order valence-corrected chi connectivity index (χ3v) is 3.65. The average Bonchev–Trinajstić information content (AvgIpc) is 2.96. The van der Waals surface area contributed by atoms with E-state index in [1.165, 1.54) is 17.1 Å². The maximum atomic E-state index is 11.7. The van der Waals surface area contributed by atoms with E-state index in [4.69, 9.17) is 5.11 Å². The van der Waals surface area contributed by atoms with Crippen LogP contribution in [0.1, 0.15) is 27.3 Å². The van der Waals surface area contributed by atoms with Crippen molar-refractivity contribution in [1.29, 1.82) is 0 Å². The fourth-order valence-electron chi connectivity index (χ4n) is 1.64. The zero-order chi connectivity index (χ0) is 14.4. The molecule has 104 valence electrons. The van der Waals surface area contributed by atoms with Gasteiger partial charge in [-0.25, -0.2) is 9.78 Å². The Labute approximate surface area is 120 Å². The number of rotatable bonds is 6. The van der Waals surface area contributed by atoms with Gasteiger partial charge in [0, 0.05) is 24.0 Å². The monoisotopic (exact) mass is 290 g/mol. The quantitative estimate of drug-likeness (QED) is 0.853. The van der Waals surface area contributed by atoms with Crippen LogP contribution in [0.3, 0.4) is 0 Å². The zero-order valence-corrected chi connectivity index (χ0v) is 11.5. The maximum absolute atomic E-state index is 11.7. The second-order valence-electron chi connectivity index (χ2n) is 4.21. The molecule has 0 saturated carbocycles. The molecule has 2 N–H and O–H groups in total. The minimum Gasteiger partial charge on any atom is -0.477 e. The number of carbonyl (C=O) groups excluding carboxylic acids is 1. The van der Waals surface area contributed by atoms with Gasteiger partial charge in [-0.2, -0.15) is 0 Å². The summed E-state index contributed by atoms with van der Waals surface area (Å²) < 4.78 is 0. The molecule has 5 nitrogen and oxygen atoms in total. The van der Waals surface area contributed by atoms with Crippen LogP contribution in [0.4, 0.5) is 0 Å². The molecule has 0 aliphatic heterocycles. The molecule has 2 aromatic heterocycles. The molecule has 0 aliphatic rings. The number of nitrogens with one attached hydrogen (secondary N) is 1. The van der Waals surface area contributed by atoms with Gasteiger partial charge < -0.3 is 10.4 Å². The Morgan fingerprint density at radius 1 is 1.30 bits per heavy atom. The minimum atomic E-state index is -1.06. The summed E-state index contributed by atoms with van der Waals surface area (Å²) in [4.78, 5) is 27.3. The van der Waals surface area contributed by atoms with Crippen LogP contribution in [0.25, 0.3) is 0 Å². The van der Waals surface area contributed by atoms with E-state index >= 15 is 0 Å². The Balaban J connectivity index is 1.76. The van der Waals surface area contributed by atoms with Gasteiger partial charge in [0.05, 0.1) is 0 Å². The number of carbonyl (C=O) groups is 2. The minimum absolute atomic E-state index is 0.00206. The first kappa shape index (κ1) is 14.2. The standard InChI is InChI=1S/C14H14N2O3S/c17-13(6-4-11-2-1-7-20-11)16-9-10-3-5-12(14(18)19)15-8-10/h1-3,5,7-8H,4,6,9H2,(H,16,17)(H,18,19). The molecule has 20 heavy (non-hydrogen) atoms. The Kier molecular flexibility index (Phi) is 4.84. The highest BCUT2D eigenvalue weighted by Gasteiger charge is 2.05. The van der Waals surface area contributed by atoms with Crippen LogP contribution < -0.4 is 5.32 Å². The topological polar surface area (TPSA) is 79.3 Å². The average molecular weight is 290 g/mol. The fraction of sp³-hybridized carbons (Fsp3) is 0.214. The summed E-state index contributed by atoms with van der Waals surface area (Å²) in [5.41, 5.74) is 0.775. The number of carboxylic acids is 1. The number of pyridine rings is 1. The molecule has 0 saturated heterocycles. The number of carboxylic acid groups (broad SMARTS) is 1. The highest BCUT2D eigenvalue weighted by atomic mass is 32.1. The Morgan fingerprint density at radius 2 is 2.15 bits per heavy atom. The summed E-state index contributed by atoms with van der Waals surface area (Å²) >= 11 is 1.64. The predicted molar refractivity (Wildman–Crippen MR) is 75.7 cm³/mol. The number of aromatic nitrogens is 1. The molecular weight excluding hydrogens is 276 g/mol. The lowest BCUT2D eigenvalue weighted by Crippen LogP contribution is -2.23. The molecule has 0 aromatic carbocycles. The summed E-state index contributed by atoms with van der Waals surface area (Å²) in [6.45, 7) is 0.357. The maximum Gasteiger partial charge on any atom is 0.354 e. The third-order valence-electron chi connectivity index (χ3n) is 2.71. The van der Waals surface area contributed by atoms with Crippen LogP contribution in [-0.4, -0.2) is 22.0 Å². The van der Waals surface area contributed by atoms with Crippen molar-refractivity contribution in [3.63, 3.8) is 0 Å². The van der Waals surface area contributed by atoms with Gasteiger partial charge in [-0.05, 0) is 29.5 Å². The lowest BCUT2D eigenvalue weighted by Gasteiger charge is -2.05. The number of thiophene rings is 1. The first-order chi connectivity index (χ1) is 9.65. The van der Waals surface area contributed by atoms with Crippen LogP contribution in [-0.2, 0) is 17.8 Å². The van der Waals surface area contributed by atoms with Crippen LogP contribution in [0.15, 0.2) is 35.8 Å². The molecule has 2 heterocycles. The predicted octanol–water partition coefficient (Wildman–Crippen LogP) is 2.09. The van der Waals surface area contributed by atoms with Crippen LogP contribution in [0, 0.1) is 0 Å². The lowest BCUT2D eigenvalue weighted by atomic mass is 10.2. The number of aryl methyl sites for hydroxylation is 1. The number of hydrogen-bond acceptors (Lipinski definition) is 4. The summed E-state index contributed by atoms with van der Waals surface area (Å²) in [5, 5.41) is 13.5. The second kappa shape index (κ2) is 6.81. The van der Waals surface area contributed by atoms with Crippen molar-refractivity contribution < 1.29 is 14.7 Å². The van der Waals surface area contributed by atoms with Crippen molar-refractivity contribution in [3.05, 3.63) is 52.0 Å². The zero-order valence-electron chi connectivity index (χ0n) is 10.7. The van der Waals surface area contributed by atoms with Gasteiger partial charge in [0.1, 0.15) is 5.69 Å². The molecule has 0 bridgehead atoms. The molecule has 0 aliphatic carbocycles. The van der Waals surface area contributed by atoms with E-state index in [-0.39, 0.29) is 11.6 Å². The van der Waals surface area contributed by atoms with E-state index in [1.54, 1.807) is 17.4 Å².